The Hall–Kier alpha value is -2.36. The van der Waals surface area contributed by atoms with Crippen LogP contribution in [0, 0.1) is 13.8 Å². The topological polar surface area (TPSA) is 54.0 Å². The molecule has 4 heteroatoms. The third-order valence-corrected chi connectivity index (χ3v) is 4.59. The molecule has 0 saturated heterocycles. The highest BCUT2D eigenvalue weighted by atomic mass is 16.1. The Labute approximate surface area is 143 Å². The van der Waals surface area contributed by atoms with Crippen molar-refractivity contribution in [2.75, 3.05) is 5.32 Å². The fourth-order valence-corrected chi connectivity index (χ4v) is 3.25. The third kappa shape index (κ3) is 4.13. The molecule has 1 amide bonds. The largest absolute Gasteiger partial charge is 0.355 e. The summed E-state index contributed by atoms with van der Waals surface area (Å²) in [5, 5.41) is 6.49. The normalized spacial score (nSPS) is 15.1. The SMILES string of the molecule is Cc1ccc(Nc2ccnc(C(=O)NC3CCCCC3)c2)c(C)c1. The number of nitrogens with one attached hydrogen (secondary N) is 2. The van der Waals surface area contributed by atoms with Crippen molar-refractivity contribution in [3.05, 3.63) is 53.3 Å². The number of aromatic nitrogens is 1. The van der Waals surface area contributed by atoms with E-state index in [0.29, 0.717) is 11.7 Å². The van der Waals surface area contributed by atoms with E-state index >= 15 is 0 Å². The average Bonchev–Trinajstić information content (AvgIpc) is 2.59. The molecule has 1 fully saturated rings. The minimum atomic E-state index is -0.0776. The van der Waals surface area contributed by atoms with Crippen LogP contribution in [-0.2, 0) is 0 Å². The monoisotopic (exact) mass is 323 g/mol. The van der Waals surface area contributed by atoms with Crippen molar-refractivity contribution in [2.24, 2.45) is 0 Å². The first-order valence-electron chi connectivity index (χ1n) is 8.73. The van der Waals surface area contributed by atoms with E-state index in [2.05, 4.69) is 47.7 Å². The van der Waals surface area contributed by atoms with Gasteiger partial charge in [-0.1, -0.05) is 37.0 Å². The van der Waals surface area contributed by atoms with Crippen LogP contribution < -0.4 is 10.6 Å². The molecule has 1 saturated carbocycles. The smallest absolute Gasteiger partial charge is 0.270 e. The molecule has 0 atom stereocenters. The minimum Gasteiger partial charge on any atom is -0.355 e. The van der Waals surface area contributed by atoms with Crippen LogP contribution >= 0.6 is 0 Å². The van der Waals surface area contributed by atoms with Gasteiger partial charge in [-0.3, -0.25) is 9.78 Å². The van der Waals surface area contributed by atoms with Crippen LogP contribution in [0.3, 0.4) is 0 Å². The molecule has 1 heterocycles. The zero-order valence-corrected chi connectivity index (χ0v) is 14.4. The van der Waals surface area contributed by atoms with Gasteiger partial charge in [-0.2, -0.15) is 0 Å². The van der Waals surface area contributed by atoms with E-state index in [1.807, 2.05) is 12.1 Å². The van der Waals surface area contributed by atoms with Crippen LogP contribution in [0.4, 0.5) is 11.4 Å². The van der Waals surface area contributed by atoms with Gasteiger partial charge in [-0.05, 0) is 50.5 Å². The van der Waals surface area contributed by atoms with Crippen molar-refractivity contribution in [2.45, 2.75) is 52.0 Å². The summed E-state index contributed by atoms with van der Waals surface area (Å²) in [6, 6.07) is 10.3. The quantitative estimate of drug-likeness (QED) is 0.870. The van der Waals surface area contributed by atoms with Gasteiger partial charge >= 0.3 is 0 Å². The van der Waals surface area contributed by atoms with Crippen LogP contribution in [0.5, 0.6) is 0 Å². The lowest BCUT2D eigenvalue weighted by Gasteiger charge is -2.22. The fourth-order valence-electron chi connectivity index (χ4n) is 3.25. The molecule has 0 spiro atoms. The summed E-state index contributed by atoms with van der Waals surface area (Å²) in [5.41, 5.74) is 4.81. The highest BCUT2D eigenvalue weighted by molar-refractivity contribution is 5.93. The van der Waals surface area contributed by atoms with Gasteiger partial charge in [0.05, 0.1) is 0 Å². The molecule has 0 radical (unpaired) electrons. The molecule has 0 unspecified atom stereocenters. The lowest BCUT2D eigenvalue weighted by atomic mass is 9.95. The van der Waals surface area contributed by atoms with Gasteiger partial charge in [-0.25, -0.2) is 0 Å². The Balaban J connectivity index is 1.70. The fraction of sp³-hybridized carbons (Fsp3) is 0.400. The number of anilines is 2. The Morgan fingerprint density at radius 3 is 2.62 bits per heavy atom. The molecule has 0 bridgehead atoms. The van der Waals surface area contributed by atoms with E-state index in [-0.39, 0.29) is 5.91 Å². The van der Waals surface area contributed by atoms with Crippen LogP contribution in [0.2, 0.25) is 0 Å². The number of nitrogens with zero attached hydrogens (tertiary/aromatic N) is 1. The van der Waals surface area contributed by atoms with Gasteiger partial charge in [0, 0.05) is 23.6 Å². The molecule has 24 heavy (non-hydrogen) atoms. The number of amides is 1. The van der Waals surface area contributed by atoms with Crippen molar-refractivity contribution >= 4 is 17.3 Å². The highest BCUT2D eigenvalue weighted by Crippen LogP contribution is 2.22. The van der Waals surface area contributed by atoms with Gasteiger partial charge in [0.25, 0.3) is 5.91 Å². The maximum absolute atomic E-state index is 12.4. The van der Waals surface area contributed by atoms with E-state index in [9.17, 15) is 4.79 Å². The maximum atomic E-state index is 12.4. The summed E-state index contributed by atoms with van der Waals surface area (Å²) in [4.78, 5) is 16.7. The molecular formula is C20H25N3O. The molecule has 1 aromatic heterocycles. The van der Waals surface area contributed by atoms with Crippen LogP contribution in [0.1, 0.15) is 53.7 Å². The third-order valence-electron chi connectivity index (χ3n) is 4.59. The minimum absolute atomic E-state index is 0.0776. The molecular weight excluding hydrogens is 298 g/mol. The first kappa shape index (κ1) is 16.5. The number of hydrogen-bond acceptors (Lipinski definition) is 3. The van der Waals surface area contributed by atoms with Crippen molar-refractivity contribution in [3.63, 3.8) is 0 Å². The zero-order valence-electron chi connectivity index (χ0n) is 14.4. The molecule has 1 aliphatic carbocycles. The second-order valence-electron chi connectivity index (χ2n) is 6.68. The second kappa shape index (κ2) is 7.47. The first-order valence-corrected chi connectivity index (χ1v) is 8.73. The Morgan fingerprint density at radius 1 is 1.08 bits per heavy atom. The van der Waals surface area contributed by atoms with Gasteiger partial charge < -0.3 is 10.6 Å². The zero-order chi connectivity index (χ0) is 16.9. The number of hydrogen-bond donors (Lipinski definition) is 2. The number of carbonyl (C=O) groups excluding carboxylic acids is 1. The highest BCUT2D eigenvalue weighted by Gasteiger charge is 2.17. The summed E-state index contributed by atoms with van der Waals surface area (Å²) in [5.74, 6) is -0.0776. The Morgan fingerprint density at radius 2 is 1.88 bits per heavy atom. The van der Waals surface area contributed by atoms with E-state index < -0.39 is 0 Å². The first-order chi connectivity index (χ1) is 11.6. The second-order valence-corrected chi connectivity index (χ2v) is 6.68. The van der Waals surface area contributed by atoms with Crippen LogP contribution in [0.25, 0.3) is 0 Å². The molecule has 4 nitrogen and oxygen atoms in total. The Kier molecular flexibility index (Phi) is 5.14. The van der Waals surface area contributed by atoms with Gasteiger partial charge in [0.1, 0.15) is 5.69 Å². The number of carbonyl (C=O) groups is 1. The van der Waals surface area contributed by atoms with E-state index in [1.165, 1.54) is 30.4 Å². The van der Waals surface area contributed by atoms with E-state index in [0.717, 1.165) is 24.2 Å². The van der Waals surface area contributed by atoms with Gasteiger partial charge in [0.2, 0.25) is 0 Å². The predicted molar refractivity (Wildman–Crippen MR) is 97.8 cm³/mol. The van der Waals surface area contributed by atoms with Crippen LogP contribution in [-0.4, -0.2) is 16.9 Å². The lowest BCUT2D eigenvalue weighted by molar-refractivity contribution is 0.0922. The van der Waals surface area contributed by atoms with Gasteiger partial charge in [-0.15, -0.1) is 0 Å². The number of benzene rings is 1. The lowest BCUT2D eigenvalue weighted by Crippen LogP contribution is -2.36. The molecule has 1 aliphatic rings. The van der Waals surface area contributed by atoms with Crippen molar-refractivity contribution in [1.82, 2.24) is 10.3 Å². The van der Waals surface area contributed by atoms with Crippen LogP contribution in [0.15, 0.2) is 36.5 Å². The molecule has 0 aliphatic heterocycles. The maximum Gasteiger partial charge on any atom is 0.270 e. The summed E-state index contributed by atoms with van der Waals surface area (Å²) in [7, 11) is 0. The molecule has 126 valence electrons. The summed E-state index contributed by atoms with van der Waals surface area (Å²) < 4.78 is 0. The Bertz CT molecular complexity index is 721. The molecule has 3 rings (SSSR count). The summed E-state index contributed by atoms with van der Waals surface area (Å²) in [6.07, 6.45) is 7.51. The van der Waals surface area contributed by atoms with Crippen molar-refractivity contribution in [3.8, 4) is 0 Å². The average molecular weight is 323 g/mol. The summed E-state index contributed by atoms with van der Waals surface area (Å²) >= 11 is 0. The van der Waals surface area contributed by atoms with Gasteiger partial charge in [0.15, 0.2) is 0 Å². The number of rotatable bonds is 4. The number of pyridine rings is 1. The van der Waals surface area contributed by atoms with Crippen molar-refractivity contribution in [1.29, 1.82) is 0 Å². The van der Waals surface area contributed by atoms with E-state index in [1.54, 1.807) is 6.20 Å². The molecule has 2 aromatic rings. The standard InChI is InChI=1S/C20H25N3O/c1-14-8-9-18(15(2)12-14)22-17-10-11-21-19(13-17)20(24)23-16-6-4-3-5-7-16/h8-13,16H,3-7H2,1-2H3,(H,21,22)(H,23,24). The molecule has 2 N–H and O–H groups in total. The summed E-state index contributed by atoms with van der Waals surface area (Å²) in [6.45, 7) is 4.16. The predicted octanol–water partition coefficient (Wildman–Crippen LogP) is 4.50. The number of aryl methyl sites for hydroxylation is 2. The van der Waals surface area contributed by atoms with E-state index in [4.69, 9.17) is 0 Å². The molecule has 1 aromatic carbocycles. The van der Waals surface area contributed by atoms with Crippen molar-refractivity contribution < 1.29 is 4.79 Å².